The highest BCUT2D eigenvalue weighted by molar-refractivity contribution is 6.15. The molecule has 1 aliphatic heterocycles. The maximum absolute atomic E-state index is 13.1. The molecule has 10 heteroatoms. The van der Waals surface area contributed by atoms with Gasteiger partial charge in [-0.25, -0.2) is 0 Å². The predicted molar refractivity (Wildman–Crippen MR) is 121 cm³/mol. The van der Waals surface area contributed by atoms with E-state index >= 15 is 0 Å². The number of rotatable bonds is 8. The molecule has 4 rings (SSSR count). The number of phenolic OH excluding ortho intramolecular Hbond substituents is 1. The van der Waals surface area contributed by atoms with Crippen molar-refractivity contribution in [3.63, 3.8) is 0 Å². The molecule has 0 saturated carbocycles. The highest BCUT2D eigenvalue weighted by Gasteiger charge is 2.36. The van der Waals surface area contributed by atoms with Crippen molar-refractivity contribution in [3.05, 3.63) is 76.8 Å². The summed E-state index contributed by atoms with van der Waals surface area (Å²) in [5, 5.41) is 24.6. The molecule has 2 N–H and O–H groups in total. The van der Waals surface area contributed by atoms with E-state index in [2.05, 4.69) is 9.84 Å². The molecule has 2 aromatic carbocycles. The van der Waals surface area contributed by atoms with Crippen molar-refractivity contribution in [3.8, 4) is 17.2 Å². The van der Waals surface area contributed by atoms with Crippen LogP contribution in [0.25, 0.3) is 6.08 Å². The lowest BCUT2D eigenvalue weighted by atomic mass is 9.89. The van der Waals surface area contributed by atoms with E-state index in [0.717, 1.165) is 0 Å². The zero-order valence-electron chi connectivity index (χ0n) is 18.8. The highest BCUT2D eigenvalue weighted by atomic mass is 19.3. The molecule has 0 unspecified atom stereocenters. The minimum Gasteiger partial charge on any atom is -0.508 e. The van der Waals surface area contributed by atoms with Crippen molar-refractivity contribution in [2.45, 2.75) is 38.8 Å². The molecule has 8 nitrogen and oxygen atoms in total. The number of aliphatic carboxylic acids is 1. The number of carboxylic acids is 1. The van der Waals surface area contributed by atoms with Crippen molar-refractivity contribution in [2.75, 3.05) is 0 Å². The quantitative estimate of drug-likeness (QED) is 0.433. The summed E-state index contributed by atoms with van der Waals surface area (Å²) in [6.45, 7) is 0.699. The zero-order valence-corrected chi connectivity index (χ0v) is 18.8. The van der Waals surface area contributed by atoms with Gasteiger partial charge in [-0.05, 0) is 44.2 Å². The van der Waals surface area contributed by atoms with Crippen LogP contribution in [0, 0.1) is 0 Å². The summed E-state index contributed by atoms with van der Waals surface area (Å²) in [4.78, 5) is 24.9. The molecule has 0 aliphatic carbocycles. The van der Waals surface area contributed by atoms with Crippen LogP contribution in [0.5, 0.6) is 17.2 Å². The Bertz CT molecular complexity index is 1320. The van der Waals surface area contributed by atoms with Gasteiger partial charge in [0.15, 0.2) is 5.76 Å². The maximum Gasteiger partial charge on any atom is 0.387 e. The lowest BCUT2D eigenvalue weighted by Crippen LogP contribution is -2.16. The van der Waals surface area contributed by atoms with E-state index in [-0.39, 0.29) is 45.7 Å². The molecule has 1 aromatic heterocycles. The second kappa shape index (κ2) is 9.57. The van der Waals surface area contributed by atoms with E-state index in [1.807, 2.05) is 13.8 Å². The van der Waals surface area contributed by atoms with Crippen LogP contribution in [0.1, 0.15) is 59.4 Å². The van der Waals surface area contributed by atoms with Crippen LogP contribution < -0.4 is 9.47 Å². The molecular weight excluding hydrogens is 462 g/mol. The Labute approximate surface area is 199 Å². The number of benzene rings is 2. The van der Waals surface area contributed by atoms with Crippen LogP contribution in [0.2, 0.25) is 0 Å². The first-order chi connectivity index (χ1) is 16.7. The Morgan fingerprint density at radius 2 is 1.94 bits per heavy atom. The van der Waals surface area contributed by atoms with Crippen LogP contribution in [0.4, 0.5) is 8.78 Å². The van der Waals surface area contributed by atoms with E-state index < -0.39 is 30.7 Å². The smallest absolute Gasteiger partial charge is 0.387 e. The van der Waals surface area contributed by atoms with E-state index in [9.17, 15) is 28.6 Å². The van der Waals surface area contributed by atoms with Crippen molar-refractivity contribution < 1.29 is 38.1 Å². The molecule has 1 aliphatic rings. The number of Topliss-reactive ketones (excluding diaryl/α,β-unsaturated/α-hetero) is 1. The van der Waals surface area contributed by atoms with E-state index in [1.165, 1.54) is 42.6 Å². The lowest BCUT2D eigenvalue weighted by Gasteiger charge is -2.22. The number of carbonyl (C=O) groups excluding carboxylic acids is 1. The van der Waals surface area contributed by atoms with E-state index in [4.69, 9.17) is 4.74 Å². The molecule has 1 atom stereocenters. The normalized spacial score (nSPS) is 14.9. The number of carboxylic acid groups (broad SMARTS) is 1. The van der Waals surface area contributed by atoms with Gasteiger partial charge >= 0.3 is 12.6 Å². The Morgan fingerprint density at radius 3 is 2.63 bits per heavy atom. The van der Waals surface area contributed by atoms with E-state index in [1.54, 1.807) is 16.8 Å². The molecule has 0 saturated heterocycles. The molecular formula is C25H22F2N2O6. The number of ether oxygens (including phenoxy) is 2. The first-order valence-corrected chi connectivity index (χ1v) is 10.8. The summed E-state index contributed by atoms with van der Waals surface area (Å²) in [6.07, 6.45) is 2.40. The van der Waals surface area contributed by atoms with Crippen LogP contribution in [0.3, 0.4) is 0 Å². The molecule has 2 heterocycles. The highest BCUT2D eigenvalue weighted by Crippen LogP contribution is 2.46. The second-order valence-electron chi connectivity index (χ2n) is 8.18. The fourth-order valence-corrected chi connectivity index (χ4v) is 4.10. The molecule has 0 spiro atoms. The van der Waals surface area contributed by atoms with Crippen molar-refractivity contribution in [1.82, 2.24) is 9.78 Å². The van der Waals surface area contributed by atoms with Gasteiger partial charge in [0.2, 0.25) is 5.78 Å². The zero-order chi connectivity index (χ0) is 25.3. The number of aromatic hydroxyl groups is 1. The SMILES string of the molecule is CC(C)n1nccc1[C@H](CC(=O)O)c1c(O)ccc2c1O/C(=C\c1ccccc1OC(F)F)C2=O. The van der Waals surface area contributed by atoms with Crippen LogP contribution in [-0.4, -0.2) is 38.4 Å². The molecule has 0 radical (unpaired) electrons. The maximum atomic E-state index is 13.1. The number of para-hydroxylation sites is 1. The summed E-state index contributed by atoms with van der Waals surface area (Å²) in [7, 11) is 0. The first kappa shape index (κ1) is 23.9. The number of hydrogen-bond acceptors (Lipinski definition) is 6. The Morgan fingerprint density at radius 1 is 1.20 bits per heavy atom. The third-order valence-corrected chi connectivity index (χ3v) is 5.55. The standard InChI is InChI=1S/C25H22F2N2O6/c1-13(2)29-17(9-10-28-29)16(12-21(31)32)22-18(30)8-7-15-23(33)20(34-24(15)22)11-14-5-3-4-6-19(14)35-25(26)27/h3-11,13,16,25,30H,12H2,1-2H3,(H,31,32)/b20-11-/t16-/m0/s1. The largest absolute Gasteiger partial charge is 0.508 e. The average molecular weight is 484 g/mol. The number of ketones is 1. The molecule has 3 aromatic rings. The number of aromatic nitrogens is 2. The number of carbonyl (C=O) groups is 2. The van der Waals surface area contributed by atoms with Gasteiger partial charge in [-0.15, -0.1) is 0 Å². The predicted octanol–water partition coefficient (Wildman–Crippen LogP) is 4.99. The van der Waals surface area contributed by atoms with Gasteiger partial charge in [0.25, 0.3) is 0 Å². The van der Waals surface area contributed by atoms with Crippen molar-refractivity contribution in [2.24, 2.45) is 0 Å². The lowest BCUT2D eigenvalue weighted by molar-refractivity contribution is -0.137. The molecule has 182 valence electrons. The third kappa shape index (κ3) is 4.72. The van der Waals surface area contributed by atoms with Gasteiger partial charge in [0.05, 0.1) is 12.0 Å². The molecule has 0 fully saturated rings. The molecule has 0 bridgehead atoms. The van der Waals surface area contributed by atoms with Crippen LogP contribution in [-0.2, 0) is 4.79 Å². The topological polar surface area (TPSA) is 111 Å². The minimum atomic E-state index is -3.06. The molecule has 35 heavy (non-hydrogen) atoms. The molecule has 0 amide bonds. The number of allylic oxidation sites excluding steroid dienone is 1. The van der Waals surface area contributed by atoms with E-state index in [0.29, 0.717) is 5.69 Å². The number of alkyl halides is 2. The van der Waals surface area contributed by atoms with Gasteiger partial charge in [0, 0.05) is 35.0 Å². The monoisotopic (exact) mass is 484 g/mol. The van der Waals surface area contributed by atoms with Gasteiger partial charge in [-0.2, -0.15) is 13.9 Å². The third-order valence-electron chi connectivity index (χ3n) is 5.55. The number of phenols is 1. The van der Waals surface area contributed by atoms with Crippen molar-refractivity contribution >= 4 is 17.8 Å². The van der Waals surface area contributed by atoms with Crippen molar-refractivity contribution in [1.29, 1.82) is 0 Å². The summed E-state index contributed by atoms with van der Waals surface area (Å²) in [5.74, 6) is -3.10. The summed E-state index contributed by atoms with van der Waals surface area (Å²) < 4.78 is 37.6. The fourth-order valence-electron chi connectivity index (χ4n) is 4.10. The Balaban J connectivity index is 1.82. The Hall–Kier alpha value is -4.21. The summed E-state index contributed by atoms with van der Waals surface area (Å²) in [6, 6.07) is 10.1. The first-order valence-electron chi connectivity index (χ1n) is 10.8. The average Bonchev–Trinajstić information content (AvgIpc) is 3.39. The summed E-state index contributed by atoms with van der Waals surface area (Å²) >= 11 is 0. The van der Waals surface area contributed by atoms with Gasteiger partial charge in [-0.3, -0.25) is 14.3 Å². The number of halogens is 2. The fraction of sp³-hybridized carbons (Fsp3) is 0.240. The van der Waals surface area contributed by atoms with Gasteiger partial charge in [0.1, 0.15) is 17.2 Å². The van der Waals surface area contributed by atoms with Crippen LogP contribution in [0.15, 0.2) is 54.4 Å². The van der Waals surface area contributed by atoms with Gasteiger partial charge in [-0.1, -0.05) is 18.2 Å². The van der Waals surface area contributed by atoms with Crippen LogP contribution >= 0.6 is 0 Å². The minimum absolute atomic E-state index is 0.0104. The summed E-state index contributed by atoms with van der Waals surface area (Å²) in [5.41, 5.74) is 0.952. The number of hydrogen-bond donors (Lipinski definition) is 2. The second-order valence-corrected chi connectivity index (χ2v) is 8.18. The number of fused-ring (bicyclic) bond motifs is 1. The number of nitrogens with zero attached hydrogens (tertiary/aromatic N) is 2. The Kier molecular flexibility index (Phi) is 6.54. The van der Waals surface area contributed by atoms with Gasteiger partial charge < -0.3 is 19.7 Å².